The van der Waals surface area contributed by atoms with E-state index in [0.29, 0.717) is 0 Å². The first kappa shape index (κ1) is 9.74. The highest BCUT2D eigenvalue weighted by atomic mass is 14.9. The third-order valence-corrected chi connectivity index (χ3v) is 2.83. The highest BCUT2D eigenvalue weighted by Crippen LogP contribution is 2.05. The number of nitrogens with one attached hydrogen (secondary N) is 3. The lowest BCUT2D eigenvalue weighted by atomic mass is 10.1. The van der Waals surface area contributed by atoms with Crippen molar-refractivity contribution < 1.29 is 0 Å². The van der Waals surface area contributed by atoms with E-state index in [2.05, 4.69) is 27.8 Å². The van der Waals surface area contributed by atoms with Crippen molar-refractivity contribution in [2.24, 2.45) is 5.92 Å². The van der Waals surface area contributed by atoms with Crippen molar-refractivity contribution in [3.63, 3.8) is 0 Å². The molecule has 0 radical (unpaired) electrons. The minimum atomic E-state index is 0.846. The van der Waals surface area contributed by atoms with Gasteiger partial charge in [-0.3, -0.25) is 0 Å². The van der Waals surface area contributed by atoms with Crippen molar-refractivity contribution in [1.29, 1.82) is 0 Å². The summed E-state index contributed by atoms with van der Waals surface area (Å²) in [6.45, 7) is 4.63. The Bertz CT molecular complexity index is 237. The first-order chi connectivity index (χ1) is 6.95. The van der Waals surface area contributed by atoms with Crippen LogP contribution in [0.3, 0.4) is 0 Å². The van der Waals surface area contributed by atoms with E-state index in [0.717, 1.165) is 25.4 Å². The van der Waals surface area contributed by atoms with Crippen LogP contribution in [0.2, 0.25) is 0 Å². The molecule has 1 aliphatic rings. The number of rotatable bonds is 5. The first-order valence-corrected chi connectivity index (χ1v) is 5.49. The van der Waals surface area contributed by atoms with Gasteiger partial charge in [0.15, 0.2) is 0 Å². The van der Waals surface area contributed by atoms with E-state index in [1.54, 1.807) is 0 Å². The largest absolute Gasteiger partial charge is 0.365 e. The summed E-state index contributed by atoms with van der Waals surface area (Å²) in [5.41, 5.74) is 1.32. The molecule has 3 heteroatoms. The van der Waals surface area contributed by atoms with Crippen LogP contribution in [-0.2, 0) is 6.42 Å². The average molecular weight is 193 g/mol. The highest BCUT2D eigenvalue weighted by Gasteiger charge is 2.12. The Morgan fingerprint density at radius 1 is 1.50 bits per heavy atom. The third kappa shape index (κ3) is 2.86. The summed E-state index contributed by atoms with van der Waals surface area (Å²) in [5.74, 6) is 0.846. The molecular formula is C11H19N3. The fourth-order valence-corrected chi connectivity index (χ4v) is 1.94. The van der Waals surface area contributed by atoms with E-state index in [9.17, 15) is 0 Å². The second-order valence-electron chi connectivity index (χ2n) is 4.01. The zero-order valence-corrected chi connectivity index (χ0v) is 8.55. The van der Waals surface area contributed by atoms with E-state index in [4.69, 9.17) is 0 Å². The molecule has 2 heterocycles. The minimum Gasteiger partial charge on any atom is -0.365 e. The zero-order valence-electron chi connectivity index (χ0n) is 8.55. The van der Waals surface area contributed by atoms with Crippen molar-refractivity contribution in [3.05, 3.63) is 24.0 Å². The number of H-pyrrole nitrogens is 1. The predicted molar refractivity (Wildman–Crippen MR) is 58.3 cm³/mol. The van der Waals surface area contributed by atoms with Gasteiger partial charge in [0, 0.05) is 18.4 Å². The number of aromatic amines is 1. The Labute approximate surface area is 85.3 Å². The predicted octanol–water partition coefficient (Wildman–Crippen LogP) is 0.756. The minimum absolute atomic E-state index is 0.846. The van der Waals surface area contributed by atoms with Crippen LogP contribution >= 0.6 is 0 Å². The smallest absolute Gasteiger partial charge is 0.0159 e. The van der Waals surface area contributed by atoms with Gasteiger partial charge < -0.3 is 15.6 Å². The molecule has 1 aromatic heterocycles. The van der Waals surface area contributed by atoms with Crippen molar-refractivity contribution >= 4 is 0 Å². The molecule has 3 N–H and O–H groups in total. The molecule has 1 aliphatic heterocycles. The second kappa shape index (κ2) is 5.17. The summed E-state index contributed by atoms with van der Waals surface area (Å²) in [6, 6.07) is 4.19. The molecule has 1 saturated heterocycles. The molecule has 14 heavy (non-hydrogen) atoms. The summed E-state index contributed by atoms with van der Waals surface area (Å²) in [7, 11) is 0. The molecule has 1 unspecified atom stereocenters. The van der Waals surface area contributed by atoms with E-state index in [1.165, 1.54) is 25.2 Å². The monoisotopic (exact) mass is 193 g/mol. The van der Waals surface area contributed by atoms with Crippen LogP contribution in [0.1, 0.15) is 12.1 Å². The van der Waals surface area contributed by atoms with Crippen LogP contribution in [0.4, 0.5) is 0 Å². The number of hydrogen-bond donors (Lipinski definition) is 3. The van der Waals surface area contributed by atoms with Gasteiger partial charge >= 0.3 is 0 Å². The molecule has 1 fully saturated rings. The Kier molecular flexibility index (Phi) is 3.60. The Balaban J connectivity index is 1.55. The van der Waals surface area contributed by atoms with Crippen LogP contribution in [0.5, 0.6) is 0 Å². The maximum absolute atomic E-state index is 3.51. The van der Waals surface area contributed by atoms with E-state index in [1.807, 2.05) is 6.20 Å². The standard InChI is InChI=1S/C11H19N3/c1-2-11(14-5-1)4-7-13-9-10-3-6-12-8-10/h1-2,5,10,12-14H,3-4,6-9H2. The lowest BCUT2D eigenvalue weighted by Gasteiger charge is -2.09. The fraction of sp³-hybridized carbons (Fsp3) is 0.636. The normalized spacial score (nSPS) is 21.6. The molecule has 0 amide bonds. The molecule has 0 saturated carbocycles. The van der Waals surface area contributed by atoms with Crippen molar-refractivity contribution in [2.75, 3.05) is 26.2 Å². The fourth-order valence-electron chi connectivity index (χ4n) is 1.94. The number of aromatic nitrogens is 1. The molecule has 2 rings (SSSR count). The van der Waals surface area contributed by atoms with Crippen molar-refractivity contribution in [1.82, 2.24) is 15.6 Å². The van der Waals surface area contributed by atoms with Crippen molar-refractivity contribution in [3.8, 4) is 0 Å². The summed E-state index contributed by atoms with van der Waals surface area (Å²) >= 11 is 0. The van der Waals surface area contributed by atoms with Crippen LogP contribution < -0.4 is 10.6 Å². The Hall–Kier alpha value is -0.800. The molecule has 0 spiro atoms. The van der Waals surface area contributed by atoms with Crippen LogP contribution in [-0.4, -0.2) is 31.2 Å². The van der Waals surface area contributed by atoms with Gasteiger partial charge in [0.05, 0.1) is 0 Å². The van der Waals surface area contributed by atoms with Gasteiger partial charge in [0.2, 0.25) is 0 Å². The van der Waals surface area contributed by atoms with Gasteiger partial charge in [-0.1, -0.05) is 0 Å². The first-order valence-electron chi connectivity index (χ1n) is 5.49. The van der Waals surface area contributed by atoms with Crippen LogP contribution in [0, 0.1) is 5.92 Å². The third-order valence-electron chi connectivity index (χ3n) is 2.83. The van der Waals surface area contributed by atoms with E-state index >= 15 is 0 Å². The lowest BCUT2D eigenvalue weighted by molar-refractivity contribution is 0.514. The van der Waals surface area contributed by atoms with E-state index in [-0.39, 0.29) is 0 Å². The van der Waals surface area contributed by atoms with Gasteiger partial charge in [-0.2, -0.15) is 0 Å². The molecular weight excluding hydrogens is 174 g/mol. The molecule has 3 nitrogen and oxygen atoms in total. The topological polar surface area (TPSA) is 39.9 Å². The summed E-state index contributed by atoms with van der Waals surface area (Å²) in [5, 5.41) is 6.89. The summed E-state index contributed by atoms with van der Waals surface area (Å²) in [6.07, 6.45) is 4.42. The summed E-state index contributed by atoms with van der Waals surface area (Å²) in [4.78, 5) is 3.21. The van der Waals surface area contributed by atoms with Crippen molar-refractivity contribution in [2.45, 2.75) is 12.8 Å². The van der Waals surface area contributed by atoms with Gasteiger partial charge in [0.1, 0.15) is 0 Å². The number of hydrogen-bond acceptors (Lipinski definition) is 2. The Morgan fingerprint density at radius 2 is 2.50 bits per heavy atom. The second-order valence-corrected chi connectivity index (χ2v) is 4.01. The molecule has 0 aliphatic carbocycles. The van der Waals surface area contributed by atoms with Gasteiger partial charge in [0.25, 0.3) is 0 Å². The molecule has 0 bridgehead atoms. The Morgan fingerprint density at radius 3 is 3.21 bits per heavy atom. The maximum Gasteiger partial charge on any atom is 0.0159 e. The maximum atomic E-state index is 3.51. The quantitative estimate of drug-likeness (QED) is 0.604. The van der Waals surface area contributed by atoms with Crippen LogP contribution in [0.15, 0.2) is 18.3 Å². The SMILES string of the molecule is c1c[nH]c(CCNCC2CCNC2)c1. The molecule has 0 aromatic carbocycles. The van der Waals surface area contributed by atoms with Crippen LogP contribution in [0.25, 0.3) is 0 Å². The molecule has 1 aromatic rings. The van der Waals surface area contributed by atoms with Gasteiger partial charge in [-0.25, -0.2) is 0 Å². The summed E-state index contributed by atoms with van der Waals surface area (Å²) < 4.78 is 0. The average Bonchev–Trinajstić information content (AvgIpc) is 2.86. The van der Waals surface area contributed by atoms with Gasteiger partial charge in [-0.05, 0) is 50.5 Å². The lowest BCUT2D eigenvalue weighted by Crippen LogP contribution is -2.26. The van der Waals surface area contributed by atoms with E-state index < -0.39 is 0 Å². The zero-order chi connectivity index (χ0) is 9.64. The highest BCUT2D eigenvalue weighted by molar-refractivity contribution is 5.03. The molecule has 1 atom stereocenters. The van der Waals surface area contributed by atoms with Gasteiger partial charge in [-0.15, -0.1) is 0 Å². The molecule has 78 valence electrons.